The van der Waals surface area contributed by atoms with E-state index in [-0.39, 0.29) is 0 Å². The maximum atomic E-state index is 12.0. The molecular formula is C20H31N3O3. The van der Waals surface area contributed by atoms with Crippen LogP contribution >= 0.6 is 0 Å². The zero-order valence-electron chi connectivity index (χ0n) is 17.2. The Labute approximate surface area is 156 Å². The van der Waals surface area contributed by atoms with Crippen LogP contribution in [0.25, 0.3) is 11.3 Å². The second kappa shape index (κ2) is 8.74. The van der Waals surface area contributed by atoms with Crippen LogP contribution in [-0.2, 0) is 9.47 Å². The number of carbonyl (C=O) groups is 1. The molecule has 6 nitrogen and oxygen atoms in total. The SMILES string of the molecule is C=C(OCC)c1c(C)nn2ccc(NC(=O)OC(C)(C)C)c(C)c12.CC. The van der Waals surface area contributed by atoms with E-state index < -0.39 is 11.7 Å². The summed E-state index contributed by atoms with van der Waals surface area (Å²) in [5, 5.41) is 7.28. The van der Waals surface area contributed by atoms with E-state index in [9.17, 15) is 4.79 Å². The van der Waals surface area contributed by atoms with Gasteiger partial charge >= 0.3 is 6.09 Å². The minimum atomic E-state index is -0.552. The van der Waals surface area contributed by atoms with Gasteiger partial charge in [0.15, 0.2) is 0 Å². The van der Waals surface area contributed by atoms with Gasteiger partial charge in [-0.05, 0) is 53.2 Å². The quantitative estimate of drug-likeness (QED) is 0.747. The van der Waals surface area contributed by atoms with E-state index in [4.69, 9.17) is 9.47 Å². The number of fused-ring (bicyclic) bond motifs is 1. The molecule has 2 rings (SSSR count). The molecule has 0 aliphatic heterocycles. The van der Waals surface area contributed by atoms with Crippen molar-refractivity contribution in [3.63, 3.8) is 0 Å². The predicted octanol–water partition coefficient (Wildman–Crippen LogP) is 5.33. The van der Waals surface area contributed by atoms with Gasteiger partial charge in [-0.25, -0.2) is 9.31 Å². The van der Waals surface area contributed by atoms with E-state index in [1.54, 1.807) is 16.8 Å². The van der Waals surface area contributed by atoms with Crippen molar-refractivity contribution in [3.8, 4) is 0 Å². The van der Waals surface area contributed by atoms with Gasteiger partial charge in [-0.2, -0.15) is 5.10 Å². The lowest BCUT2D eigenvalue weighted by Crippen LogP contribution is -2.27. The number of ether oxygens (including phenoxy) is 2. The van der Waals surface area contributed by atoms with Crippen LogP contribution in [0.3, 0.4) is 0 Å². The first kappa shape index (κ1) is 21.5. The summed E-state index contributed by atoms with van der Waals surface area (Å²) in [7, 11) is 0. The standard InChI is InChI=1S/C18H25N3O3.C2H6/c1-8-23-13(4)15-12(3)20-21-10-9-14(11(2)16(15)21)19-17(22)24-18(5,6)7;1-2/h9-10H,4,8H2,1-3,5-7H3,(H,19,22);1-2H3. The fourth-order valence-electron chi connectivity index (χ4n) is 2.54. The highest BCUT2D eigenvalue weighted by Gasteiger charge is 2.20. The van der Waals surface area contributed by atoms with E-state index in [1.807, 2.05) is 55.4 Å². The molecule has 2 aromatic heterocycles. The number of pyridine rings is 1. The normalized spacial score (nSPS) is 10.8. The molecule has 2 aromatic rings. The third kappa shape index (κ3) is 5.00. The van der Waals surface area contributed by atoms with Crippen molar-refractivity contribution in [1.29, 1.82) is 0 Å². The van der Waals surface area contributed by atoms with Gasteiger partial charge in [-0.15, -0.1) is 0 Å². The van der Waals surface area contributed by atoms with Crippen LogP contribution in [0.4, 0.5) is 10.5 Å². The van der Waals surface area contributed by atoms with Crippen molar-refractivity contribution in [2.45, 2.75) is 61.0 Å². The fourth-order valence-corrected chi connectivity index (χ4v) is 2.54. The molecule has 0 aromatic carbocycles. The van der Waals surface area contributed by atoms with Gasteiger partial charge in [0.05, 0.1) is 29.1 Å². The van der Waals surface area contributed by atoms with Crippen molar-refractivity contribution in [1.82, 2.24) is 9.61 Å². The molecule has 0 fully saturated rings. The van der Waals surface area contributed by atoms with E-state index >= 15 is 0 Å². The van der Waals surface area contributed by atoms with Crippen LogP contribution in [0.2, 0.25) is 0 Å². The predicted molar refractivity (Wildman–Crippen MR) is 107 cm³/mol. The summed E-state index contributed by atoms with van der Waals surface area (Å²) >= 11 is 0. The molecule has 0 atom stereocenters. The summed E-state index contributed by atoms with van der Waals surface area (Å²) in [6, 6.07) is 1.80. The number of amides is 1. The van der Waals surface area contributed by atoms with Crippen LogP contribution in [0.15, 0.2) is 18.8 Å². The second-order valence-electron chi connectivity index (χ2n) is 6.59. The average molecular weight is 361 g/mol. The van der Waals surface area contributed by atoms with Gasteiger partial charge < -0.3 is 9.47 Å². The van der Waals surface area contributed by atoms with Gasteiger partial charge in [-0.3, -0.25) is 5.32 Å². The molecule has 144 valence electrons. The van der Waals surface area contributed by atoms with Gasteiger partial charge in [0, 0.05) is 6.20 Å². The molecule has 6 heteroatoms. The molecule has 0 bridgehead atoms. The number of nitrogens with zero attached hydrogens (tertiary/aromatic N) is 2. The highest BCUT2D eigenvalue weighted by atomic mass is 16.6. The van der Waals surface area contributed by atoms with Gasteiger partial charge in [0.25, 0.3) is 0 Å². The van der Waals surface area contributed by atoms with Gasteiger partial charge in [-0.1, -0.05) is 20.4 Å². The highest BCUT2D eigenvalue weighted by Crippen LogP contribution is 2.30. The molecule has 2 heterocycles. The molecule has 1 amide bonds. The van der Waals surface area contributed by atoms with Crippen LogP contribution in [0.1, 0.15) is 58.4 Å². The lowest BCUT2D eigenvalue weighted by atomic mass is 10.1. The highest BCUT2D eigenvalue weighted by molar-refractivity contribution is 5.90. The first-order chi connectivity index (χ1) is 12.1. The summed E-state index contributed by atoms with van der Waals surface area (Å²) in [5.74, 6) is 0.572. The maximum Gasteiger partial charge on any atom is 0.412 e. The molecule has 0 aliphatic carbocycles. The number of hydrogen-bond donors (Lipinski definition) is 1. The molecular weight excluding hydrogens is 330 g/mol. The molecule has 0 aliphatic rings. The minimum absolute atomic E-state index is 0.489. The Hall–Kier alpha value is -2.50. The number of nitrogens with one attached hydrogen (secondary N) is 1. The van der Waals surface area contributed by atoms with Crippen LogP contribution in [-0.4, -0.2) is 27.9 Å². The monoisotopic (exact) mass is 361 g/mol. The summed E-state index contributed by atoms with van der Waals surface area (Å²) in [6.45, 7) is 19.7. The first-order valence-corrected chi connectivity index (χ1v) is 8.94. The molecule has 0 saturated heterocycles. The lowest BCUT2D eigenvalue weighted by molar-refractivity contribution is 0.0636. The van der Waals surface area contributed by atoms with Crippen molar-refractivity contribution in [2.24, 2.45) is 0 Å². The number of rotatable bonds is 4. The Morgan fingerprint density at radius 1 is 1.31 bits per heavy atom. The van der Waals surface area contributed by atoms with Gasteiger partial charge in [0.2, 0.25) is 0 Å². The van der Waals surface area contributed by atoms with Gasteiger partial charge in [0.1, 0.15) is 11.4 Å². The smallest absolute Gasteiger partial charge is 0.412 e. The van der Waals surface area contributed by atoms with Crippen LogP contribution in [0, 0.1) is 13.8 Å². The Morgan fingerprint density at radius 3 is 2.46 bits per heavy atom. The maximum absolute atomic E-state index is 12.0. The molecule has 1 N–H and O–H groups in total. The molecule has 0 radical (unpaired) electrons. The number of carbonyl (C=O) groups excluding carboxylic acids is 1. The summed E-state index contributed by atoms with van der Waals surface area (Å²) in [6.07, 6.45) is 1.31. The van der Waals surface area contributed by atoms with Crippen LogP contribution < -0.4 is 5.32 Å². The third-order valence-electron chi connectivity index (χ3n) is 3.46. The first-order valence-electron chi connectivity index (χ1n) is 8.94. The van der Waals surface area contributed by atoms with E-state index in [0.29, 0.717) is 18.1 Å². The number of anilines is 1. The zero-order chi connectivity index (χ0) is 20.1. The minimum Gasteiger partial charge on any atom is -0.494 e. The van der Waals surface area contributed by atoms with E-state index in [2.05, 4.69) is 17.0 Å². The number of aryl methyl sites for hydroxylation is 2. The Bertz CT molecular complexity index is 786. The topological polar surface area (TPSA) is 64.9 Å². The third-order valence-corrected chi connectivity index (χ3v) is 3.46. The molecule has 0 saturated carbocycles. The van der Waals surface area contributed by atoms with Crippen molar-refractivity contribution < 1.29 is 14.3 Å². The van der Waals surface area contributed by atoms with E-state index in [0.717, 1.165) is 22.3 Å². The molecule has 0 unspecified atom stereocenters. The molecule has 0 spiro atoms. The number of aromatic nitrogens is 2. The zero-order valence-corrected chi connectivity index (χ0v) is 17.2. The largest absolute Gasteiger partial charge is 0.494 e. The Kier molecular flexibility index (Phi) is 7.24. The fraction of sp³-hybridized carbons (Fsp3) is 0.500. The summed E-state index contributed by atoms with van der Waals surface area (Å²) in [4.78, 5) is 12.0. The molecule has 26 heavy (non-hydrogen) atoms. The van der Waals surface area contributed by atoms with Crippen molar-refractivity contribution in [2.75, 3.05) is 11.9 Å². The van der Waals surface area contributed by atoms with Crippen molar-refractivity contribution in [3.05, 3.63) is 35.7 Å². The Balaban J connectivity index is 0.00000163. The van der Waals surface area contributed by atoms with E-state index in [1.165, 1.54) is 0 Å². The summed E-state index contributed by atoms with van der Waals surface area (Å²) < 4.78 is 12.6. The second-order valence-corrected chi connectivity index (χ2v) is 6.59. The van der Waals surface area contributed by atoms with Crippen LogP contribution in [0.5, 0.6) is 0 Å². The van der Waals surface area contributed by atoms with Crippen molar-refractivity contribution >= 4 is 23.1 Å². The lowest BCUT2D eigenvalue weighted by Gasteiger charge is -2.20. The summed E-state index contributed by atoms with van der Waals surface area (Å²) in [5.41, 5.74) is 3.53. The Morgan fingerprint density at radius 2 is 1.92 bits per heavy atom. The average Bonchev–Trinajstić information content (AvgIpc) is 2.87. The number of hydrogen-bond acceptors (Lipinski definition) is 4.